The van der Waals surface area contributed by atoms with Crippen molar-refractivity contribution < 1.29 is 0 Å². The first-order valence-electron chi connectivity index (χ1n) is 7.38. The molecule has 4 heteroatoms. The summed E-state index contributed by atoms with van der Waals surface area (Å²) in [6.45, 7) is 5.99. The minimum Gasteiger partial charge on any atom is -0.379 e. The highest BCUT2D eigenvalue weighted by Gasteiger charge is 2.06. The van der Waals surface area contributed by atoms with Gasteiger partial charge in [-0.25, -0.2) is 0 Å². The van der Waals surface area contributed by atoms with Crippen molar-refractivity contribution in [3.63, 3.8) is 0 Å². The van der Waals surface area contributed by atoms with Crippen molar-refractivity contribution in [1.29, 1.82) is 0 Å². The molecule has 2 heterocycles. The van der Waals surface area contributed by atoms with Gasteiger partial charge < -0.3 is 5.32 Å². The van der Waals surface area contributed by atoms with E-state index in [1.165, 1.54) is 16.6 Å². The molecule has 0 bridgehead atoms. The first kappa shape index (κ1) is 13.6. The molecule has 4 nitrogen and oxygen atoms in total. The van der Waals surface area contributed by atoms with Crippen LogP contribution in [0.15, 0.2) is 42.7 Å². The van der Waals surface area contributed by atoms with Crippen LogP contribution in [0.5, 0.6) is 0 Å². The normalized spacial score (nSPS) is 11.0. The van der Waals surface area contributed by atoms with Crippen molar-refractivity contribution >= 4 is 16.6 Å². The van der Waals surface area contributed by atoms with Crippen molar-refractivity contribution in [3.05, 3.63) is 54.0 Å². The van der Waals surface area contributed by atoms with E-state index in [0.717, 1.165) is 30.7 Å². The lowest BCUT2D eigenvalue weighted by Crippen LogP contribution is -2.09. The van der Waals surface area contributed by atoms with E-state index in [1.54, 1.807) is 0 Å². The van der Waals surface area contributed by atoms with E-state index >= 15 is 0 Å². The Bertz CT molecular complexity index is 745. The SMILES string of the molecule is CCCn1nccc1CNc1ccc(C)c2ncccc12. The second-order valence-electron chi connectivity index (χ2n) is 5.23. The Balaban J connectivity index is 1.85. The Kier molecular flexibility index (Phi) is 3.86. The molecule has 0 aliphatic carbocycles. The zero-order valence-electron chi connectivity index (χ0n) is 12.5. The zero-order valence-corrected chi connectivity index (χ0v) is 12.5. The van der Waals surface area contributed by atoms with Gasteiger partial charge in [-0.3, -0.25) is 9.67 Å². The van der Waals surface area contributed by atoms with E-state index in [-0.39, 0.29) is 0 Å². The van der Waals surface area contributed by atoms with Crippen molar-refractivity contribution in [3.8, 4) is 0 Å². The second kappa shape index (κ2) is 5.95. The summed E-state index contributed by atoms with van der Waals surface area (Å²) in [5, 5.41) is 9.04. The summed E-state index contributed by atoms with van der Waals surface area (Å²) < 4.78 is 2.06. The first-order chi connectivity index (χ1) is 10.3. The predicted molar refractivity (Wildman–Crippen MR) is 86.3 cm³/mol. The highest BCUT2D eigenvalue weighted by atomic mass is 15.3. The van der Waals surface area contributed by atoms with Gasteiger partial charge in [-0.1, -0.05) is 13.0 Å². The van der Waals surface area contributed by atoms with Crippen molar-refractivity contribution in [2.45, 2.75) is 33.4 Å². The Morgan fingerprint density at radius 3 is 2.90 bits per heavy atom. The molecular formula is C17H20N4. The zero-order chi connectivity index (χ0) is 14.7. The lowest BCUT2D eigenvalue weighted by molar-refractivity contribution is 0.578. The van der Waals surface area contributed by atoms with Gasteiger partial charge in [0, 0.05) is 30.0 Å². The highest BCUT2D eigenvalue weighted by molar-refractivity contribution is 5.93. The molecule has 1 N–H and O–H groups in total. The Morgan fingerprint density at radius 1 is 1.14 bits per heavy atom. The molecular weight excluding hydrogens is 260 g/mol. The molecule has 3 aromatic rings. The van der Waals surface area contributed by atoms with Crippen LogP contribution >= 0.6 is 0 Å². The van der Waals surface area contributed by atoms with Crippen LogP contribution in [-0.4, -0.2) is 14.8 Å². The fourth-order valence-electron chi connectivity index (χ4n) is 2.58. The molecule has 1 aromatic carbocycles. The van der Waals surface area contributed by atoms with Gasteiger partial charge in [0.25, 0.3) is 0 Å². The number of aromatic nitrogens is 3. The maximum absolute atomic E-state index is 4.48. The number of hydrogen-bond donors (Lipinski definition) is 1. The minimum absolute atomic E-state index is 0.771. The van der Waals surface area contributed by atoms with E-state index in [4.69, 9.17) is 0 Å². The van der Waals surface area contributed by atoms with E-state index < -0.39 is 0 Å². The Hall–Kier alpha value is -2.36. The van der Waals surface area contributed by atoms with E-state index in [9.17, 15) is 0 Å². The van der Waals surface area contributed by atoms with Crippen LogP contribution in [0.1, 0.15) is 24.6 Å². The standard InChI is InChI=1S/C17H20N4/c1-3-11-21-14(8-10-20-21)12-19-16-7-6-13(2)17-15(16)5-4-9-18-17/h4-10,19H,3,11-12H2,1-2H3. The fraction of sp³-hybridized carbons (Fsp3) is 0.294. The maximum Gasteiger partial charge on any atom is 0.0751 e. The summed E-state index contributed by atoms with van der Waals surface area (Å²) >= 11 is 0. The van der Waals surface area contributed by atoms with E-state index in [1.807, 2.05) is 18.5 Å². The van der Waals surface area contributed by atoms with E-state index in [2.05, 4.69) is 58.2 Å². The molecule has 0 amide bonds. The third kappa shape index (κ3) is 2.75. The minimum atomic E-state index is 0.771. The van der Waals surface area contributed by atoms with E-state index in [0.29, 0.717) is 0 Å². The van der Waals surface area contributed by atoms with Gasteiger partial charge in [0.1, 0.15) is 0 Å². The van der Waals surface area contributed by atoms with Crippen LogP contribution in [0.3, 0.4) is 0 Å². The number of rotatable bonds is 5. The van der Waals surface area contributed by atoms with Gasteiger partial charge in [0.05, 0.1) is 17.8 Å². The number of aryl methyl sites for hydroxylation is 2. The third-order valence-corrected chi connectivity index (χ3v) is 3.67. The topological polar surface area (TPSA) is 42.7 Å². The number of anilines is 1. The van der Waals surface area contributed by atoms with Crippen LogP contribution < -0.4 is 5.32 Å². The molecule has 21 heavy (non-hydrogen) atoms. The third-order valence-electron chi connectivity index (χ3n) is 3.67. The van der Waals surface area contributed by atoms with Crippen LogP contribution in [0.25, 0.3) is 10.9 Å². The quantitative estimate of drug-likeness (QED) is 0.773. The van der Waals surface area contributed by atoms with Gasteiger partial charge in [0.2, 0.25) is 0 Å². The molecule has 0 saturated heterocycles. The van der Waals surface area contributed by atoms with Gasteiger partial charge in [-0.05, 0) is 43.2 Å². The number of hydrogen-bond acceptors (Lipinski definition) is 3. The molecule has 108 valence electrons. The average molecular weight is 280 g/mol. The van der Waals surface area contributed by atoms with Gasteiger partial charge in [0.15, 0.2) is 0 Å². The molecule has 0 spiro atoms. The molecule has 2 aromatic heterocycles. The molecule has 0 aliphatic heterocycles. The highest BCUT2D eigenvalue weighted by Crippen LogP contribution is 2.24. The van der Waals surface area contributed by atoms with Gasteiger partial charge >= 0.3 is 0 Å². The smallest absolute Gasteiger partial charge is 0.0751 e. The summed E-state index contributed by atoms with van der Waals surface area (Å²) in [4.78, 5) is 4.48. The van der Waals surface area contributed by atoms with Crippen molar-refractivity contribution in [1.82, 2.24) is 14.8 Å². The van der Waals surface area contributed by atoms with Crippen LogP contribution in [0.2, 0.25) is 0 Å². The van der Waals surface area contributed by atoms with Gasteiger partial charge in [-0.15, -0.1) is 0 Å². The second-order valence-corrected chi connectivity index (χ2v) is 5.23. The predicted octanol–water partition coefficient (Wildman–Crippen LogP) is 3.76. The fourth-order valence-corrected chi connectivity index (χ4v) is 2.58. The Morgan fingerprint density at radius 2 is 2.05 bits per heavy atom. The van der Waals surface area contributed by atoms with Crippen molar-refractivity contribution in [2.24, 2.45) is 0 Å². The number of nitrogens with zero attached hydrogens (tertiary/aromatic N) is 3. The number of pyridine rings is 1. The number of benzene rings is 1. The lowest BCUT2D eigenvalue weighted by atomic mass is 10.1. The summed E-state index contributed by atoms with van der Waals surface area (Å²) in [5.41, 5.74) is 4.58. The lowest BCUT2D eigenvalue weighted by Gasteiger charge is -2.12. The first-order valence-corrected chi connectivity index (χ1v) is 7.38. The molecule has 3 rings (SSSR count). The van der Waals surface area contributed by atoms with Crippen LogP contribution in [0, 0.1) is 6.92 Å². The van der Waals surface area contributed by atoms with Gasteiger partial charge in [-0.2, -0.15) is 5.10 Å². The molecule has 0 fully saturated rings. The summed E-state index contributed by atoms with van der Waals surface area (Å²) in [6.07, 6.45) is 4.79. The monoisotopic (exact) mass is 280 g/mol. The Labute approximate surface area is 124 Å². The number of nitrogens with one attached hydrogen (secondary N) is 1. The molecule has 0 aliphatic rings. The van der Waals surface area contributed by atoms with Crippen LogP contribution in [-0.2, 0) is 13.1 Å². The summed E-state index contributed by atoms with van der Waals surface area (Å²) in [5.74, 6) is 0. The summed E-state index contributed by atoms with van der Waals surface area (Å²) in [6, 6.07) is 10.4. The number of fused-ring (bicyclic) bond motifs is 1. The largest absolute Gasteiger partial charge is 0.379 e. The molecule has 0 saturated carbocycles. The van der Waals surface area contributed by atoms with Crippen LogP contribution in [0.4, 0.5) is 5.69 Å². The average Bonchev–Trinajstić information content (AvgIpc) is 2.95. The molecule has 0 atom stereocenters. The van der Waals surface area contributed by atoms with Crippen molar-refractivity contribution in [2.75, 3.05) is 5.32 Å². The maximum atomic E-state index is 4.48. The molecule has 0 radical (unpaired) electrons. The summed E-state index contributed by atoms with van der Waals surface area (Å²) in [7, 11) is 0. The molecule has 0 unspecified atom stereocenters.